The van der Waals surface area contributed by atoms with Crippen molar-refractivity contribution in [2.24, 2.45) is 0 Å². The third-order valence-electron chi connectivity index (χ3n) is 6.39. The molecule has 3 heteroatoms. The Hall–Kier alpha value is -2.85. The molecule has 0 bridgehead atoms. The third-order valence-corrected chi connectivity index (χ3v) is 13.8. The molecule has 0 aliphatic carbocycles. The zero-order valence-corrected chi connectivity index (χ0v) is 18.9. The summed E-state index contributed by atoms with van der Waals surface area (Å²) in [6.45, 7) is 2.10. The van der Waals surface area contributed by atoms with Crippen LogP contribution in [0.25, 0.3) is 44.3 Å². The van der Waals surface area contributed by atoms with Crippen molar-refractivity contribution in [3.05, 3.63) is 78.5 Å². The van der Waals surface area contributed by atoms with Crippen molar-refractivity contribution in [3.8, 4) is 22.4 Å². The van der Waals surface area contributed by atoms with Gasteiger partial charge in [0.1, 0.15) is 0 Å². The Labute approximate surface area is 172 Å². The number of rotatable bonds is 1. The molecule has 2 nitrogen and oxygen atoms in total. The zero-order chi connectivity index (χ0) is 19.8. The molecule has 2 aromatic heterocycles. The van der Waals surface area contributed by atoms with Crippen molar-refractivity contribution in [2.75, 3.05) is 0 Å². The van der Waals surface area contributed by atoms with Crippen LogP contribution >= 0.6 is 0 Å². The van der Waals surface area contributed by atoms with Crippen LogP contribution in [-0.4, -0.2) is 18.3 Å². The van der Waals surface area contributed by atoms with Gasteiger partial charge < -0.3 is 0 Å². The fourth-order valence-electron chi connectivity index (χ4n) is 4.88. The maximum atomic E-state index is 6.47. The average molecular weight is 436 g/mol. The second-order valence-corrected chi connectivity index (χ2v) is 17.6. The summed E-state index contributed by atoms with van der Waals surface area (Å²) in [4.78, 5) is 4.59. The number of benzene rings is 3. The van der Waals surface area contributed by atoms with Crippen LogP contribution in [0.4, 0.5) is 0 Å². The van der Waals surface area contributed by atoms with Crippen LogP contribution < -0.4 is 8.79 Å². The van der Waals surface area contributed by atoms with Crippen LogP contribution in [0.15, 0.2) is 77.3 Å². The van der Waals surface area contributed by atoms with E-state index in [9.17, 15) is 0 Å². The van der Waals surface area contributed by atoms with Crippen molar-refractivity contribution in [3.63, 3.8) is 0 Å². The molecule has 0 unspecified atom stereocenters. The first-order valence-corrected chi connectivity index (χ1v) is 16.4. The number of hydrogen-bond donors (Lipinski definition) is 0. The van der Waals surface area contributed by atoms with Crippen LogP contribution in [0.2, 0.25) is 11.5 Å². The predicted octanol–water partition coefficient (Wildman–Crippen LogP) is 5.76. The van der Waals surface area contributed by atoms with Gasteiger partial charge in [0.15, 0.2) is 0 Å². The van der Waals surface area contributed by atoms with E-state index in [0.29, 0.717) is 0 Å². The third kappa shape index (κ3) is 2.33. The van der Waals surface area contributed by atoms with Gasteiger partial charge in [0.2, 0.25) is 0 Å². The molecule has 1 aliphatic rings. The van der Waals surface area contributed by atoms with Crippen molar-refractivity contribution in [1.29, 1.82) is 0 Å². The molecule has 140 valence electrons. The van der Waals surface area contributed by atoms with Gasteiger partial charge in [-0.15, -0.1) is 0 Å². The number of fused-ring (bicyclic) bond motifs is 6. The fraction of sp³-hybridized carbons (Fsp3) is 0.115. The molecular weight excluding hydrogens is 415 g/mol. The molecule has 0 amide bonds. The number of nitrogens with zero attached hydrogens (tertiary/aromatic N) is 1. The Balaban J connectivity index is 1.67. The van der Waals surface area contributed by atoms with Crippen LogP contribution in [0, 0.1) is 6.92 Å². The number of furan rings is 1. The monoisotopic (exact) mass is 437 g/mol. The molecule has 0 atom stereocenters. The molecule has 0 saturated carbocycles. The number of aromatic nitrogens is 1. The van der Waals surface area contributed by atoms with E-state index in [-0.39, 0.29) is 0 Å². The minimum atomic E-state index is -2.29. The molecule has 6 rings (SSSR count). The summed E-state index contributed by atoms with van der Waals surface area (Å²) in [7, 11) is 0. The summed E-state index contributed by atoms with van der Waals surface area (Å²) >= 11 is -2.29. The predicted molar refractivity (Wildman–Crippen MR) is 124 cm³/mol. The van der Waals surface area contributed by atoms with E-state index in [0.717, 1.165) is 22.4 Å². The molecular formula is C26H21GeNO. The van der Waals surface area contributed by atoms with Crippen molar-refractivity contribution in [2.45, 2.75) is 18.4 Å². The molecule has 3 aromatic carbocycles. The van der Waals surface area contributed by atoms with E-state index in [2.05, 4.69) is 84.1 Å². The molecule has 0 fully saturated rings. The van der Waals surface area contributed by atoms with Gasteiger partial charge in [-0.05, 0) is 0 Å². The second kappa shape index (κ2) is 5.83. The zero-order valence-electron chi connectivity index (χ0n) is 16.8. The Morgan fingerprint density at radius 2 is 1.59 bits per heavy atom. The Kier molecular flexibility index (Phi) is 3.43. The standard InChI is InChI=1S/C26H21GeNO/c1-16-11-12-28-24(13-16)19-9-6-8-18-21-14-23-20(15-25(21)29-26(18)19)17-7-4-5-10-22(17)27(23,2)3/h4-15H,1-3H3. The number of aryl methyl sites for hydroxylation is 1. The summed E-state index contributed by atoms with van der Waals surface area (Å²) in [5, 5.41) is 2.40. The SMILES string of the molecule is Cc1ccnc(-c2cccc3c2oc2cc4[c](cc23)[Ge]([CH3])([CH3])[c]2ccccc2-4)c1. The van der Waals surface area contributed by atoms with E-state index < -0.39 is 13.3 Å². The maximum absolute atomic E-state index is 6.47. The number of pyridine rings is 1. The number of hydrogen-bond acceptors (Lipinski definition) is 2. The summed E-state index contributed by atoms with van der Waals surface area (Å²) in [6.07, 6.45) is 1.87. The topological polar surface area (TPSA) is 26.0 Å². The first kappa shape index (κ1) is 17.0. The van der Waals surface area contributed by atoms with Gasteiger partial charge in [0.05, 0.1) is 0 Å². The first-order valence-electron chi connectivity index (χ1n) is 10.1. The number of para-hydroxylation sites is 1. The summed E-state index contributed by atoms with van der Waals surface area (Å²) in [5.41, 5.74) is 7.89. The van der Waals surface area contributed by atoms with Crippen molar-refractivity contribution >= 4 is 44.0 Å². The van der Waals surface area contributed by atoms with Crippen molar-refractivity contribution in [1.82, 2.24) is 4.98 Å². The van der Waals surface area contributed by atoms with Gasteiger partial charge >= 0.3 is 173 Å². The quantitative estimate of drug-likeness (QED) is 0.313. The summed E-state index contributed by atoms with van der Waals surface area (Å²) < 4.78 is 9.60. The molecule has 29 heavy (non-hydrogen) atoms. The van der Waals surface area contributed by atoms with E-state index in [1.165, 1.54) is 27.5 Å². The average Bonchev–Trinajstić information content (AvgIpc) is 3.20. The van der Waals surface area contributed by atoms with Crippen LogP contribution in [0.5, 0.6) is 0 Å². The van der Waals surface area contributed by atoms with E-state index in [4.69, 9.17) is 4.42 Å². The van der Waals surface area contributed by atoms with Gasteiger partial charge in [0, 0.05) is 0 Å². The normalized spacial score (nSPS) is 14.3. The van der Waals surface area contributed by atoms with Crippen LogP contribution in [0.1, 0.15) is 5.56 Å². The Bertz CT molecular complexity index is 1440. The van der Waals surface area contributed by atoms with Gasteiger partial charge in [-0.2, -0.15) is 0 Å². The fourth-order valence-corrected chi connectivity index (χ4v) is 11.3. The molecule has 0 saturated heterocycles. The van der Waals surface area contributed by atoms with E-state index in [1.54, 1.807) is 8.79 Å². The van der Waals surface area contributed by atoms with Crippen LogP contribution in [-0.2, 0) is 0 Å². The molecule has 0 radical (unpaired) electrons. The van der Waals surface area contributed by atoms with E-state index >= 15 is 0 Å². The summed E-state index contributed by atoms with van der Waals surface area (Å²) in [5.74, 6) is 5.00. The second-order valence-electron chi connectivity index (χ2n) is 8.57. The molecule has 1 aliphatic heterocycles. The van der Waals surface area contributed by atoms with Gasteiger partial charge in [-0.25, -0.2) is 0 Å². The molecule has 3 heterocycles. The minimum absolute atomic E-state index is 0.933. The molecule has 0 spiro atoms. The first-order chi connectivity index (χ1) is 14.0. The van der Waals surface area contributed by atoms with Crippen molar-refractivity contribution < 1.29 is 4.42 Å². The molecule has 0 N–H and O–H groups in total. The van der Waals surface area contributed by atoms with Gasteiger partial charge in [-0.3, -0.25) is 0 Å². The van der Waals surface area contributed by atoms with E-state index in [1.807, 2.05) is 12.3 Å². The van der Waals surface area contributed by atoms with Gasteiger partial charge in [-0.1, -0.05) is 0 Å². The Morgan fingerprint density at radius 1 is 0.759 bits per heavy atom. The van der Waals surface area contributed by atoms with Crippen LogP contribution in [0.3, 0.4) is 0 Å². The summed E-state index contributed by atoms with van der Waals surface area (Å²) in [6, 6.07) is 24.2. The molecule has 5 aromatic rings. The Morgan fingerprint density at radius 3 is 2.45 bits per heavy atom. The van der Waals surface area contributed by atoms with Gasteiger partial charge in [0.25, 0.3) is 0 Å².